The molecule has 1 fully saturated rings. The molecule has 2 nitrogen and oxygen atoms in total. The van der Waals surface area contributed by atoms with Crippen molar-refractivity contribution in [3.05, 3.63) is 34.9 Å². The standard InChI is InChI=1S/C13H14F2O2/c1-7-5-9(11(15)6-10(7)14)13(16)12-4-3-8(2)17-12/h5-6,8,12H,3-4H2,1-2H3. The summed E-state index contributed by atoms with van der Waals surface area (Å²) in [6.45, 7) is 3.38. The van der Waals surface area contributed by atoms with Gasteiger partial charge in [-0.3, -0.25) is 4.79 Å². The number of hydrogen-bond donors (Lipinski definition) is 0. The molecule has 2 rings (SSSR count). The Balaban J connectivity index is 2.28. The first kappa shape index (κ1) is 12.2. The molecule has 0 bridgehead atoms. The van der Waals surface area contributed by atoms with Gasteiger partial charge in [0.05, 0.1) is 11.7 Å². The number of rotatable bonds is 2. The predicted molar refractivity (Wildman–Crippen MR) is 59.0 cm³/mol. The van der Waals surface area contributed by atoms with Gasteiger partial charge in [-0.25, -0.2) is 8.78 Å². The number of aryl methyl sites for hydroxylation is 1. The van der Waals surface area contributed by atoms with Crippen molar-refractivity contribution < 1.29 is 18.3 Å². The lowest BCUT2D eigenvalue weighted by Crippen LogP contribution is -2.22. The lowest BCUT2D eigenvalue weighted by Gasteiger charge is -2.11. The minimum atomic E-state index is -0.818. The quantitative estimate of drug-likeness (QED) is 0.743. The van der Waals surface area contributed by atoms with Crippen LogP contribution in [0.2, 0.25) is 0 Å². The van der Waals surface area contributed by atoms with Crippen LogP contribution in [0.4, 0.5) is 8.78 Å². The molecule has 4 heteroatoms. The summed E-state index contributed by atoms with van der Waals surface area (Å²) in [7, 11) is 0. The Kier molecular flexibility index (Phi) is 3.24. The maximum Gasteiger partial charge on any atom is 0.194 e. The van der Waals surface area contributed by atoms with E-state index in [0.717, 1.165) is 12.5 Å². The van der Waals surface area contributed by atoms with Crippen molar-refractivity contribution in [3.8, 4) is 0 Å². The zero-order chi connectivity index (χ0) is 12.6. The number of ether oxygens (including phenoxy) is 1. The van der Waals surface area contributed by atoms with Crippen LogP contribution >= 0.6 is 0 Å². The van der Waals surface area contributed by atoms with Crippen LogP contribution in [0, 0.1) is 18.6 Å². The Morgan fingerprint density at radius 3 is 2.59 bits per heavy atom. The van der Waals surface area contributed by atoms with Gasteiger partial charge in [0.25, 0.3) is 0 Å². The molecule has 1 aromatic rings. The van der Waals surface area contributed by atoms with E-state index in [-0.39, 0.29) is 17.2 Å². The van der Waals surface area contributed by atoms with Crippen LogP contribution < -0.4 is 0 Å². The minimum Gasteiger partial charge on any atom is -0.367 e. The van der Waals surface area contributed by atoms with E-state index in [9.17, 15) is 13.6 Å². The summed E-state index contributed by atoms with van der Waals surface area (Å²) < 4.78 is 32.0. The molecule has 17 heavy (non-hydrogen) atoms. The van der Waals surface area contributed by atoms with Crippen molar-refractivity contribution in [1.29, 1.82) is 0 Å². The minimum absolute atomic E-state index is 0.0218. The van der Waals surface area contributed by atoms with E-state index in [4.69, 9.17) is 4.74 Å². The van der Waals surface area contributed by atoms with Crippen LogP contribution in [0.15, 0.2) is 12.1 Å². The molecule has 0 spiro atoms. The fraction of sp³-hybridized carbons (Fsp3) is 0.462. The highest BCUT2D eigenvalue weighted by molar-refractivity contribution is 6.00. The van der Waals surface area contributed by atoms with Crippen molar-refractivity contribution in [3.63, 3.8) is 0 Å². The molecule has 0 aliphatic carbocycles. The second-order valence-corrected chi connectivity index (χ2v) is 4.46. The average molecular weight is 240 g/mol. The van der Waals surface area contributed by atoms with Crippen molar-refractivity contribution in [2.45, 2.75) is 38.9 Å². The Bertz CT molecular complexity index is 457. The highest BCUT2D eigenvalue weighted by Crippen LogP contribution is 2.24. The number of carbonyl (C=O) groups is 1. The van der Waals surface area contributed by atoms with E-state index in [0.29, 0.717) is 6.42 Å². The third-order valence-electron chi connectivity index (χ3n) is 3.04. The highest BCUT2D eigenvalue weighted by atomic mass is 19.1. The van der Waals surface area contributed by atoms with E-state index in [1.54, 1.807) is 0 Å². The molecule has 1 aliphatic heterocycles. The summed E-state index contributed by atoms with van der Waals surface area (Å²) in [4.78, 5) is 12.0. The molecule has 0 N–H and O–H groups in total. The first-order valence-corrected chi connectivity index (χ1v) is 5.64. The molecule has 0 aromatic heterocycles. The summed E-state index contributed by atoms with van der Waals surface area (Å²) in [5.74, 6) is -1.85. The number of ketones is 1. The largest absolute Gasteiger partial charge is 0.367 e. The normalized spacial score (nSPS) is 24.0. The van der Waals surface area contributed by atoms with Gasteiger partial charge < -0.3 is 4.74 Å². The summed E-state index contributed by atoms with van der Waals surface area (Å²) in [5, 5.41) is 0. The Labute approximate surface area is 98.6 Å². The molecule has 1 saturated heterocycles. The lowest BCUT2D eigenvalue weighted by molar-refractivity contribution is 0.0430. The van der Waals surface area contributed by atoms with Crippen LogP contribution in [-0.4, -0.2) is 18.0 Å². The zero-order valence-corrected chi connectivity index (χ0v) is 9.80. The molecule has 1 aromatic carbocycles. The van der Waals surface area contributed by atoms with E-state index in [1.807, 2.05) is 6.92 Å². The van der Waals surface area contributed by atoms with Crippen LogP contribution in [-0.2, 0) is 4.74 Å². The van der Waals surface area contributed by atoms with Crippen molar-refractivity contribution in [2.24, 2.45) is 0 Å². The maximum atomic E-state index is 13.5. The van der Waals surface area contributed by atoms with Gasteiger partial charge in [-0.1, -0.05) is 0 Å². The first-order valence-electron chi connectivity index (χ1n) is 5.64. The molecule has 92 valence electrons. The van der Waals surface area contributed by atoms with Gasteiger partial charge >= 0.3 is 0 Å². The second-order valence-electron chi connectivity index (χ2n) is 4.46. The fourth-order valence-corrected chi connectivity index (χ4v) is 2.01. The third kappa shape index (κ3) is 2.36. The Hall–Kier alpha value is -1.29. The summed E-state index contributed by atoms with van der Waals surface area (Å²) in [6, 6.07) is 2.00. The topological polar surface area (TPSA) is 26.3 Å². The van der Waals surface area contributed by atoms with Gasteiger partial charge in [-0.15, -0.1) is 0 Å². The molecule has 2 atom stereocenters. The third-order valence-corrected chi connectivity index (χ3v) is 3.04. The van der Waals surface area contributed by atoms with E-state index >= 15 is 0 Å². The molecule has 1 aliphatic rings. The van der Waals surface area contributed by atoms with Gasteiger partial charge in [0.1, 0.15) is 17.7 Å². The molecule has 0 saturated carbocycles. The van der Waals surface area contributed by atoms with Crippen LogP contribution in [0.25, 0.3) is 0 Å². The van der Waals surface area contributed by atoms with Gasteiger partial charge in [0.15, 0.2) is 5.78 Å². The number of carbonyl (C=O) groups excluding carboxylic acids is 1. The zero-order valence-electron chi connectivity index (χ0n) is 9.80. The van der Waals surface area contributed by atoms with Gasteiger partial charge in [-0.05, 0) is 38.3 Å². The van der Waals surface area contributed by atoms with Crippen LogP contribution in [0.3, 0.4) is 0 Å². The van der Waals surface area contributed by atoms with Gasteiger partial charge in [0.2, 0.25) is 0 Å². The van der Waals surface area contributed by atoms with Crippen molar-refractivity contribution in [2.75, 3.05) is 0 Å². The number of hydrogen-bond acceptors (Lipinski definition) is 2. The fourth-order valence-electron chi connectivity index (χ4n) is 2.01. The summed E-state index contributed by atoms with van der Waals surface area (Å²) >= 11 is 0. The number of benzene rings is 1. The predicted octanol–water partition coefficient (Wildman–Crippen LogP) is 3.02. The van der Waals surface area contributed by atoms with Gasteiger partial charge in [0, 0.05) is 6.07 Å². The molecular formula is C13H14F2O2. The summed E-state index contributed by atoms with van der Waals surface area (Å²) in [5.41, 5.74) is 0.184. The molecule has 1 heterocycles. The van der Waals surface area contributed by atoms with Crippen molar-refractivity contribution in [1.82, 2.24) is 0 Å². The maximum absolute atomic E-state index is 13.5. The van der Waals surface area contributed by atoms with E-state index in [2.05, 4.69) is 0 Å². The smallest absolute Gasteiger partial charge is 0.194 e. The summed E-state index contributed by atoms with van der Waals surface area (Å²) in [6.07, 6.45) is 0.812. The molecule has 0 radical (unpaired) electrons. The molecule has 0 amide bonds. The van der Waals surface area contributed by atoms with Gasteiger partial charge in [-0.2, -0.15) is 0 Å². The second kappa shape index (κ2) is 4.53. The van der Waals surface area contributed by atoms with E-state index < -0.39 is 23.5 Å². The Morgan fingerprint density at radius 1 is 1.29 bits per heavy atom. The monoisotopic (exact) mass is 240 g/mol. The molecule has 2 unspecified atom stereocenters. The van der Waals surface area contributed by atoms with Crippen molar-refractivity contribution >= 4 is 5.78 Å². The lowest BCUT2D eigenvalue weighted by atomic mass is 10.0. The van der Waals surface area contributed by atoms with Crippen LogP contribution in [0.5, 0.6) is 0 Å². The Morgan fingerprint density at radius 2 is 2.00 bits per heavy atom. The van der Waals surface area contributed by atoms with Crippen LogP contribution in [0.1, 0.15) is 35.7 Å². The molecular weight excluding hydrogens is 226 g/mol. The average Bonchev–Trinajstić information content (AvgIpc) is 2.69. The van der Waals surface area contributed by atoms with E-state index in [1.165, 1.54) is 13.0 Å². The first-order chi connectivity index (χ1) is 7.99. The number of halogens is 2. The highest BCUT2D eigenvalue weighted by Gasteiger charge is 2.30. The SMILES string of the molecule is Cc1cc(C(=O)C2CCC(C)O2)c(F)cc1F. The number of Topliss-reactive ketones (excluding diaryl/α,β-unsaturated/α-hetero) is 1.